The van der Waals surface area contributed by atoms with E-state index in [9.17, 15) is 4.79 Å². The Morgan fingerprint density at radius 2 is 1.62 bits per heavy atom. The molecule has 1 atom stereocenters. The maximum Gasteiger partial charge on any atom is 0.513 e. The van der Waals surface area contributed by atoms with Crippen LogP contribution in [0, 0.1) is 12.7 Å². The van der Waals surface area contributed by atoms with E-state index in [0.29, 0.717) is 29.2 Å². The number of methoxy groups -OCH3 is 4. The first-order valence-electron chi connectivity index (χ1n) is 12.1. The van der Waals surface area contributed by atoms with E-state index in [1.807, 2.05) is 19.1 Å². The molecule has 0 fully saturated rings. The number of nitrogens with zero attached hydrogens (tertiary/aromatic N) is 1. The Labute approximate surface area is 215 Å². The van der Waals surface area contributed by atoms with Crippen LogP contribution in [0.4, 0.5) is 9.18 Å². The molecule has 3 aromatic rings. The second kappa shape index (κ2) is 10.6. The van der Waals surface area contributed by atoms with Gasteiger partial charge in [-0.05, 0) is 56.5 Å². The predicted octanol–water partition coefficient (Wildman–Crippen LogP) is 6.35. The number of rotatable bonds is 8. The van der Waals surface area contributed by atoms with Gasteiger partial charge in [0.1, 0.15) is 0 Å². The number of fused-ring (bicyclic) bond motifs is 3. The Hall–Kier alpha value is -3.88. The molecule has 0 N–H and O–H groups in total. The topological polar surface area (TPSA) is 77.4 Å². The van der Waals surface area contributed by atoms with Crippen molar-refractivity contribution in [3.8, 4) is 51.1 Å². The van der Waals surface area contributed by atoms with Gasteiger partial charge in [0, 0.05) is 28.4 Å². The Morgan fingerprint density at radius 1 is 0.946 bits per heavy atom. The monoisotopic (exact) mass is 513 g/mol. The minimum Gasteiger partial charge on any atom is -0.493 e. The average molecular weight is 514 g/mol. The molecule has 198 valence electrons. The zero-order valence-electron chi connectivity index (χ0n) is 22.2. The van der Waals surface area contributed by atoms with Crippen LogP contribution in [0.1, 0.15) is 37.6 Å². The molecule has 0 aliphatic carbocycles. The van der Waals surface area contributed by atoms with Crippen molar-refractivity contribution >= 4 is 6.16 Å². The summed E-state index contributed by atoms with van der Waals surface area (Å²) in [5.41, 5.74) is 3.84. The summed E-state index contributed by atoms with van der Waals surface area (Å²) < 4.78 is 50.6. The highest BCUT2D eigenvalue weighted by atomic mass is 19.1. The van der Waals surface area contributed by atoms with Gasteiger partial charge in [0.2, 0.25) is 0 Å². The molecule has 1 aliphatic rings. The molecule has 0 saturated heterocycles. The van der Waals surface area contributed by atoms with Crippen LogP contribution in [0.5, 0.6) is 28.7 Å². The first-order valence-corrected chi connectivity index (χ1v) is 12.1. The number of aromatic nitrogens is 1. The third-order valence-electron chi connectivity index (χ3n) is 6.76. The molecule has 0 amide bonds. The molecule has 0 radical (unpaired) electrons. The van der Waals surface area contributed by atoms with Gasteiger partial charge in [-0.3, -0.25) is 0 Å². The molecule has 1 aromatic heterocycles. The fraction of sp³-hybridized carbons (Fsp3) is 0.393. The van der Waals surface area contributed by atoms with Crippen molar-refractivity contribution in [2.75, 3.05) is 35.0 Å². The van der Waals surface area contributed by atoms with Crippen molar-refractivity contribution in [2.45, 2.75) is 39.7 Å². The van der Waals surface area contributed by atoms with E-state index in [1.54, 1.807) is 33.3 Å². The minimum absolute atomic E-state index is 0.0297. The van der Waals surface area contributed by atoms with Gasteiger partial charge in [0.25, 0.3) is 0 Å². The fourth-order valence-electron chi connectivity index (χ4n) is 5.10. The van der Waals surface area contributed by atoms with E-state index >= 15 is 4.39 Å². The van der Waals surface area contributed by atoms with Crippen LogP contribution in [0.15, 0.2) is 24.3 Å². The highest BCUT2D eigenvalue weighted by Gasteiger charge is 2.36. The first kappa shape index (κ1) is 26.2. The Kier molecular flexibility index (Phi) is 7.52. The van der Waals surface area contributed by atoms with Crippen LogP contribution in [0.2, 0.25) is 0 Å². The van der Waals surface area contributed by atoms with E-state index in [2.05, 4.69) is 11.5 Å². The van der Waals surface area contributed by atoms with Crippen molar-refractivity contribution in [3.63, 3.8) is 0 Å². The normalized spacial score (nSPS) is 13.9. The summed E-state index contributed by atoms with van der Waals surface area (Å²) in [6.07, 6.45) is 0.628. The Bertz CT molecular complexity index is 1330. The van der Waals surface area contributed by atoms with Crippen molar-refractivity contribution in [2.24, 2.45) is 0 Å². The molecule has 4 rings (SSSR count). The third-order valence-corrected chi connectivity index (χ3v) is 6.76. The van der Waals surface area contributed by atoms with Gasteiger partial charge < -0.3 is 33.0 Å². The summed E-state index contributed by atoms with van der Waals surface area (Å²) in [4.78, 5) is 12.6. The number of hydrogen-bond donors (Lipinski definition) is 0. The Morgan fingerprint density at radius 3 is 2.22 bits per heavy atom. The predicted molar refractivity (Wildman–Crippen MR) is 137 cm³/mol. The summed E-state index contributed by atoms with van der Waals surface area (Å²) in [6.45, 7) is 5.80. The van der Waals surface area contributed by atoms with E-state index < -0.39 is 12.0 Å². The highest BCUT2D eigenvalue weighted by molar-refractivity contribution is 5.90. The maximum absolute atomic E-state index is 15.9. The van der Waals surface area contributed by atoms with Crippen molar-refractivity contribution in [1.29, 1.82) is 0 Å². The quantitative estimate of drug-likeness (QED) is 0.325. The molecule has 9 heteroatoms. The molecule has 0 bridgehead atoms. The lowest BCUT2D eigenvalue weighted by Gasteiger charge is -2.30. The van der Waals surface area contributed by atoms with Crippen molar-refractivity contribution < 1.29 is 37.6 Å². The highest BCUT2D eigenvalue weighted by Crippen LogP contribution is 2.53. The van der Waals surface area contributed by atoms with E-state index in [4.69, 9.17) is 28.4 Å². The lowest BCUT2D eigenvalue weighted by molar-refractivity contribution is 0.104. The van der Waals surface area contributed by atoms with Gasteiger partial charge in [-0.15, -0.1) is 0 Å². The summed E-state index contributed by atoms with van der Waals surface area (Å²) in [5, 5.41) is 0. The molecule has 37 heavy (non-hydrogen) atoms. The zero-order chi connectivity index (χ0) is 26.9. The van der Waals surface area contributed by atoms with Gasteiger partial charge in [-0.1, -0.05) is 6.92 Å². The van der Waals surface area contributed by atoms with Crippen molar-refractivity contribution in [1.82, 2.24) is 4.57 Å². The summed E-state index contributed by atoms with van der Waals surface area (Å²) in [7, 11) is 5.97. The van der Waals surface area contributed by atoms with E-state index in [0.717, 1.165) is 23.2 Å². The summed E-state index contributed by atoms with van der Waals surface area (Å²) in [5.74, 6) is 0.932. The van der Waals surface area contributed by atoms with Crippen LogP contribution < -0.4 is 23.7 Å². The molecular formula is C28H32FNO7. The van der Waals surface area contributed by atoms with Crippen molar-refractivity contribution in [3.05, 3.63) is 41.3 Å². The lowest BCUT2D eigenvalue weighted by Crippen LogP contribution is -2.20. The van der Waals surface area contributed by atoms with Gasteiger partial charge in [0.15, 0.2) is 34.6 Å². The number of benzene rings is 2. The number of hydrogen-bond acceptors (Lipinski definition) is 7. The SMILES string of the molecule is CCOC(=O)Oc1c(-c2ccc(OC)c(OC)c2F)c(C)n2c1-c1cc(OC)c(OC)cc1CC2CC. The molecule has 0 saturated carbocycles. The molecule has 2 heterocycles. The van der Waals surface area contributed by atoms with Crippen LogP contribution in [-0.2, 0) is 11.2 Å². The number of halogens is 1. The minimum atomic E-state index is -0.876. The second-order valence-electron chi connectivity index (χ2n) is 8.59. The number of carbonyl (C=O) groups is 1. The second-order valence-corrected chi connectivity index (χ2v) is 8.59. The van der Waals surface area contributed by atoms with Crippen LogP contribution in [-0.4, -0.2) is 45.8 Å². The molecule has 0 spiro atoms. The maximum atomic E-state index is 15.9. The zero-order valence-corrected chi connectivity index (χ0v) is 22.2. The largest absolute Gasteiger partial charge is 0.513 e. The molecule has 1 aliphatic heterocycles. The average Bonchev–Trinajstić information content (AvgIpc) is 3.18. The molecule has 1 unspecified atom stereocenters. The van der Waals surface area contributed by atoms with Crippen LogP contribution in [0.3, 0.4) is 0 Å². The number of carbonyl (C=O) groups excluding carboxylic acids is 1. The first-order chi connectivity index (χ1) is 17.8. The Balaban J connectivity index is 2.09. The molecule has 8 nitrogen and oxygen atoms in total. The standard InChI is InChI=1S/C28H32FNO7/c1-8-17-12-16-13-21(33-5)22(34-6)14-19(16)25-27(37-28(31)36-9-2)23(15(3)30(17)25)18-10-11-20(32-4)26(35-7)24(18)29/h10-11,13-14,17H,8-9,12H2,1-7H3. The van der Waals surface area contributed by atoms with E-state index in [1.165, 1.54) is 14.2 Å². The van der Waals surface area contributed by atoms with Gasteiger partial charge in [-0.2, -0.15) is 0 Å². The lowest BCUT2D eigenvalue weighted by atomic mass is 9.91. The summed E-state index contributed by atoms with van der Waals surface area (Å²) in [6, 6.07) is 7.05. The fourth-order valence-corrected chi connectivity index (χ4v) is 5.10. The van der Waals surface area contributed by atoms with Crippen LogP contribution >= 0.6 is 0 Å². The smallest absolute Gasteiger partial charge is 0.493 e. The third kappa shape index (κ3) is 4.32. The molecular weight excluding hydrogens is 481 g/mol. The number of ether oxygens (including phenoxy) is 6. The molecule has 2 aromatic carbocycles. The van der Waals surface area contributed by atoms with E-state index in [-0.39, 0.29) is 35.5 Å². The van der Waals surface area contributed by atoms with Gasteiger partial charge >= 0.3 is 6.16 Å². The van der Waals surface area contributed by atoms with Crippen LogP contribution in [0.25, 0.3) is 22.4 Å². The summed E-state index contributed by atoms with van der Waals surface area (Å²) >= 11 is 0. The van der Waals surface area contributed by atoms with Gasteiger partial charge in [0.05, 0.1) is 40.7 Å². The van der Waals surface area contributed by atoms with Gasteiger partial charge in [-0.25, -0.2) is 9.18 Å².